The van der Waals surface area contributed by atoms with Crippen LogP contribution in [0.1, 0.15) is 58.4 Å². The number of likely N-dealkylation sites (N-methyl/N-ethyl adjacent to an activating group) is 1. The van der Waals surface area contributed by atoms with Gasteiger partial charge in [0, 0.05) is 25.6 Å². The van der Waals surface area contributed by atoms with E-state index in [0.29, 0.717) is 36.2 Å². The summed E-state index contributed by atoms with van der Waals surface area (Å²) in [6, 6.07) is 1.75. The maximum Gasteiger partial charge on any atom is 0.257 e. The molecule has 1 saturated carbocycles. The summed E-state index contributed by atoms with van der Waals surface area (Å²) in [7, 11) is 2.03. The molecule has 1 amide bonds. The number of carbonyl (C=O) groups is 1. The zero-order valence-corrected chi connectivity index (χ0v) is 14.3. The van der Waals surface area contributed by atoms with Crippen molar-refractivity contribution in [2.24, 2.45) is 0 Å². The molecule has 0 N–H and O–H groups in total. The van der Waals surface area contributed by atoms with Gasteiger partial charge in [-0.25, -0.2) is 0 Å². The largest absolute Gasteiger partial charge is 0.466 e. The van der Waals surface area contributed by atoms with E-state index < -0.39 is 0 Å². The summed E-state index contributed by atoms with van der Waals surface area (Å²) in [4.78, 5) is 21.4. The Morgan fingerprint density at radius 1 is 1.29 bits per heavy atom. The molecule has 0 aromatic carbocycles. The van der Waals surface area contributed by atoms with E-state index in [1.807, 2.05) is 31.9 Å². The minimum atomic E-state index is -0.0593. The summed E-state index contributed by atoms with van der Waals surface area (Å²) in [6.07, 6.45) is 2.28. The SMILES string of the molecule is Cc1cc(C(=O)N2CCN(C)[C@@H](c3nc(C4CC4)no3)C2)c(C)o1. The van der Waals surface area contributed by atoms with Crippen LogP contribution in [0.25, 0.3) is 0 Å². The van der Waals surface area contributed by atoms with Gasteiger partial charge >= 0.3 is 0 Å². The molecule has 7 heteroatoms. The Hall–Kier alpha value is -2.15. The van der Waals surface area contributed by atoms with E-state index in [1.165, 1.54) is 0 Å². The van der Waals surface area contributed by atoms with Gasteiger partial charge in [-0.05, 0) is 39.8 Å². The number of amides is 1. The number of aromatic nitrogens is 2. The van der Waals surface area contributed by atoms with Crippen LogP contribution in [0.15, 0.2) is 15.0 Å². The number of furan rings is 1. The molecule has 0 unspecified atom stereocenters. The van der Waals surface area contributed by atoms with E-state index in [9.17, 15) is 4.79 Å². The van der Waals surface area contributed by atoms with Crippen LogP contribution >= 0.6 is 0 Å². The lowest BCUT2D eigenvalue weighted by Crippen LogP contribution is -2.49. The van der Waals surface area contributed by atoms with E-state index in [2.05, 4.69) is 15.0 Å². The highest BCUT2D eigenvalue weighted by Crippen LogP contribution is 2.39. The number of rotatable bonds is 3. The van der Waals surface area contributed by atoms with Crippen molar-refractivity contribution >= 4 is 5.91 Å². The van der Waals surface area contributed by atoms with Crippen LogP contribution < -0.4 is 0 Å². The summed E-state index contributed by atoms with van der Waals surface area (Å²) >= 11 is 0. The molecular weight excluding hydrogens is 308 g/mol. The van der Waals surface area contributed by atoms with Crippen LogP contribution in [0.5, 0.6) is 0 Å². The fourth-order valence-corrected chi connectivity index (χ4v) is 3.23. The van der Waals surface area contributed by atoms with Crippen molar-refractivity contribution < 1.29 is 13.7 Å². The molecule has 0 spiro atoms. The van der Waals surface area contributed by atoms with Crippen molar-refractivity contribution in [3.05, 3.63) is 34.9 Å². The van der Waals surface area contributed by atoms with E-state index in [0.717, 1.165) is 31.0 Å². The van der Waals surface area contributed by atoms with Gasteiger partial charge in [0.15, 0.2) is 5.82 Å². The van der Waals surface area contributed by atoms with Crippen LogP contribution in [0.3, 0.4) is 0 Å². The Morgan fingerprint density at radius 2 is 2.08 bits per heavy atom. The molecule has 2 fully saturated rings. The number of piperazine rings is 1. The fraction of sp³-hybridized carbons (Fsp3) is 0.588. The van der Waals surface area contributed by atoms with E-state index in [-0.39, 0.29) is 11.9 Å². The first-order valence-corrected chi connectivity index (χ1v) is 8.43. The molecule has 3 heterocycles. The van der Waals surface area contributed by atoms with Gasteiger partial charge in [-0.15, -0.1) is 0 Å². The standard InChI is InChI=1S/C17H22N4O3/c1-10-8-13(11(2)23-10)17(22)21-7-6-20(3)14(9-21)16-18-15(19-24-16)12-4-5-12/h8,12,14H,4-7,9H2,1-3H3/t14-/m1/s1. The van der Waals surface area contributed by atoms with Gasteiger partial charge < -0.3 is 13.8 Å². The molecule has 7 nitrogen and oxygen atoms in total. The average molecular weight is 330 g/mol. The maximum absolute atomic E-state index is 12.8. The first-order chi connectivity index (χ1) is 11.5. The minimum absolute atomic E-state index is 0.00406. The third-order valence-electron chi connectivity index (χ3n) is 4.89. The van der Waals surface area contributed by atoms with Gasteiger partial charge in [0.1, 0.15) is 17.6 Å². The number of hydrogen-bond acceptors (Lipinski definition) is 6. The number of carbonyl (C=O) groups excluding carboxylic acids is 1. The molecule has 2 aromatic heterocycles. The Labute approximate surface area is 140 Å². The van der Waals surface area contributed by atoms with Gasteiger partial charge in [0.05, 0.1) is 5.56 Å². The van der Waals surface area contributed by atoms with Crippen LogP contribution in [0.2, 0.25) is 0 Å². The highest BCUT2D eigenvalue weighted by Gasteiger charge is 2.35. The number of aryl methyl sites for hydroxylation is 2. The minimum Gasteiger partial charge on any atom is -0.466 e. The molecule has 1 atom stereocenters. The van der Waals surface area contributed by atoms with Crippen LogP contribution in [0, 0.1) is 13.8 Å². The van der Waals surface area contributed by atoms with Crippen LogP contribution in [-0.2, 0) is 0 Å². The molecule has 4 rings (SSSR count). The quantitative estimate of drug-likeness (QED) is 0.859. The molecule has 2 aliphatic rings. The van der Waals surface area contributed by atoms with Crippen molar-refractivity contribution in [3.63, 3.8) is 0 Å². The second kappa shape index (κ2) is 5.73. The topological polar surface area (TPSA) is 75.6 Å². The predicted octanol–water partition coefficient (Wildman–Crippen LogP) is 2.29. The van der Waals surface area contributed by atoms with Crippen LogP contribution in [-0.4, -0.2) is 52.5 Å². The van der Waals surface area contributed by atoms with E-state index in [4.69, 9.17) is 8.94 Å². The summed E-state index contributed by atoms with van der Waals surface area (Å²) in [5.41, 5.74) is 0.639. The Morgan fingerprint density at radius 3 is 2.75 bits per heavy atom. The summed E-state index contributed by atoms with van der Waals surface area (Å²) in [5, 5.41) is 4.10. The maximum atomic E-state index is 12.8. The van der Waals surface area contributed by atoms with Gasteiger partial charge in [-0.3, -0.25) is 9.69 Å². The lowest BCUT2D eigenvalue weighted by atomic mass is 10.1. The summed E-state index contributed by atoms with van der Waals surface area (Å²) in [6.45, 7) is 5.68. The average Bonchev–Trinajstić information content (AvgIpc) is 3.19. The zero-order chi connectivity index (χ0) is 16.8. The Balaban J connectivity index is 1.53. The van der Waals surface area contributed by atoms with Crippen LogP contribution in [0.4, 0.5) is 0 Å². The van der Waals surface area contributed by atoms with E-state index >= 15 is 0 Å². The smallest absolute Gasteiger partial charge is 0.257 e. The Bertz CT molecular complexity index is 762. The Kier molecular flexibility index (Phi) is 3.68. The molecule has 1 aliphatic carbocycles. The monoisotopic (exact) mass is 330 g/mol. The van der Waals surface area contributed by atoms with Crippen molar-refractivity contribution in [3.8, 4) is 0 Å². The van der Waals surface area contributed by atoms with Gasteiger partial charge in [0.2, 0.25) is 5.89 Å². The van der Waals surface area contributed by atoms with Gasteiger partial charge in [-0.2, -0.15) is 4.98 Å². The second-order valence-electron chi connectivity index (χ2n) is 6.84. The van der Waals surface area contributed by atoms with Crippen molar-refractivity contribution in [1.82, 2.24) is 19.9 Å². The summed E-state index contributed by atoms with van der Waals surface area (Å²) < 4.78 is 11.0. The second-order valence-corrected chi connectivity index (χ2v) is 6.84. The molecule has 1 aliphatic heterocycles. The fourth-order valence-electron chi connectivity index (χ4n) is 3.23. The molecule has 1 saturated heterocycles. The summed E-state index contributed by atoms with van der Waals surface area (Å²) in [5.74, 6) is 3.31. The zero-order valence-electron chi connectivity index (χ0n) is 14.3. The third kappa shape index (κ3) is 2.73. The van der Waals surface area contributed by atoms with Crippen molar-refractivity contribution in [2.45, 2.75) is 38.6 Å². The molecular formula is C17H22N4O3. The number of nitrogens with zero attached hydrogens (tertiary/aromatic N) is 4. The van der Waals surface area contributed by atoms with Gasteiger partial charge in [0.25, 0.3) is 5.91 Å². The first kappa shape index (κ1) is 15.4. The van der Waals surface area contributed by atoms with E-state index in [1.54, 1.807) is 0 Å². The lowest BCUT2D eigenvalue weighted by molar-refractivity contribution is 0.0487. The van der Waals surface area contributed by atoms with Gasteiger partial charge in [-0.1, -0.05) is 5.16 Å². The molecule has 0 radical (unpaired) electrons. The lowest BCUT2D eigenvalue weighted by Gasteiger charge is -2.37. The highest BCUT2D eigenvalue weighted by molar-refractivity contribution is 5.95. The number of hydrogen-bond donors (Lipinski definition) is 0. The normalized spacial score (nSPS) is 22.1. The molecule has 0 bridgehead atoms. The molecule has 24 heavy (non-hydrogen) atoms. The predicted molar refractivity (Wildman–Crippen MR) is 85.7 cm³/mol. The van der Waals surface area contributed by atoms with Crippen molar-refractivity contribution in [1.29, 1.82) is 0 Å². The molecule has 128 valence electrons. The third-order valence-corrected chi connectivity index (χ3v) is 4.89. The highest BCUT2D eigenvalue weighted by atomic mass is 16.5. The molecule has 2 aromatic rings. The first-order valence-electron chi connectivity index (χ1n) is 8.43. The van der Waals surface area contributed by atoms with Crippen molar-refractivity contribution in [2.75, 3.05) is 26.7 Å².